The van der Waals surface area contributed by atoms with Crippen LogP contribution >= 0.6 is 0 Å². The number of nitrogens with one attached hydrogen (secondary N) is 1. The Bertz CT molecular complexity index is 790. The van der Waals surface area contributed by atoms with Crippen molar-refractivity contribution in [3.8, 4) is 16.9 Å². The van der Waals surface area contributed by atoms with E-state index in [1.165, 1.54) is 6.42 Å². The normalized spacial score (nSPS) is 18.9. The third-order valence-electron chi connectivity index (χ3n) is 5.14. The molecule has 0 spiro atoms. The minimum atomic E-state index is -0.560. The molecule has 1 fully saturated rings. The molecule has 3 rings (SSSR count). The summed E-state index contributed by atoms with van der Waals surface area (Å²) in [6.07, 6.45) is 4.45. The van der Waals surface area contributed by atoms with Crippen LogP contribution in [0.5, 0.6) is 5.75 Å². The molecule has 2 aromatic rings. The molecule has 2 aromatic carbocycles. The van der Waals surface area contributed by atoms with E-state index in [0.29, 0.717) is 11.7 Å². The maximum absolute atomic E-state index is 12.0. The van der Waals surface area contributed by atoms with Gasteiger partial charge in [0.1, 0.15) is 5.75 Å². The number of hydrogen-bond acceptors (Lipinski definition) is 4. The summed E-state index contributed by atoms with van der Waals surface area (Å²) in [6, 6.07) is 17.5. The number of carbonyl (C=O) groups excluding carboxylic acids is 2. The summed E-state index contributed by atoms with van der Waals surface area (Å²) in [6.45, 7) is 1.64. The smallest absolute Gasteiger partial charge is 0.344 e. The molecule has 1 aliphatic carbocycles. The van der Waals surface area contributed by atoms with Crippen molar-refractivity contribution >= 4 is 11.9 Å². The summed E-state index contributed by atoms with van der Waals surface area (Å²) >= 11 is 0. The molecular weight excluding hydrogens is 354 g/mol. The Morgan fingerprint density at radius 1 is 0.964 bits per heavy atom. The summed E-state index contributed by atoms with van der Waals surface area (Å²) in [7, 11) is 0. The predicted molar refractivity (Wildman–Crippen MR) is 108 cm³/mol. The first-order chi connectivity index (χ1) is 13.6. The highest BCUT2D eigenvalue weighted by molar-refractivity contribution is 5.81. The molecule has 1 N–H and O–H groups in total. The summed E-state index contributed by atoms with van der Waals surface area (Å²) in [5.41, 5.74) is 1.91. The van der Waals surface area contributed by atoms with Crippen molar-refractivity contribution in [3.63, 3.8) is 0 Å². The van der Waals surface area contributed by atoms with E-state index < -0.39 is 5.97 Å². The number of amides is 1. The zero-order chi connectivity index (χ0) is 19.8. The van der Waals surface area contributed by atoms with E-state index in [1.54, 1.807) is 0 Å². The highest BCUT2D eigenvalue weighted by Gasteiger charge is 2.23. The molecular formula is C23H27NO4. The Kier molecular flexibility index (Phi) is 7.06. The molecule has 0 aromatic heterocycles. The van der Waals surface area contributed by atoms with Crippen molar-refractivity contribution in [2.24, 2.45) is 5.92 Å². The van der Waals surface area contributed by atoms with Gasteiger partial charge in [-0.3, -0.25) is 4.79 Å². The zero-order valence-corrected chi connectivity index (χ0v) is 16.2. The number of ether oxygens (including phenoxy) is 2. The Morgan fingerprint density at radius 3 is 2.46 bits per heavy atom. The number of benzene rings is 2. The van der Waals surface area contributed by atoms with Gasteiger partial charge in [-0.1, -0.05) is 68.3 Å². The molecule has 28 heavy (non-hydrogen) atoms. The van der Waals surface area contributed by atoms with Gasteiger partial charge in [0.25, 0.3) is 5.91 Å². The van der Waals surface area contributed by atoms with Crippen LogP contribution in [0.15, 0.2) is 54.6 Å². The minimum absolute atomic E-state index is 0.175. The lowest BCUT2D eigenvalue weighted by Gasteiger charge is -2.29. The van der Waals surface area contributed by atoms with Gasteiger partial charge >= 0.3 is 5.97 Å². The monoisotopic (exact) mass is 381 g/mol. The molecule has 1 amide bonds. The molecule has 1 saturated carbocycles. The quantitative estimate of drug-likeness (QED) is 0.737. The van der Waals surface area contributed by atoms with Gasteiger partial charge in [-0.05, 0) is 30.4 Å². The van der Waals surface area contributed by atoms with Crippen LogP contribution in [-0.4, -0.2) is 31.1 Å². The number of para-hydroxylation sites is 1. The van der Waals surface area contributed by atoms with E-state index in [-0.39, 0.29) is 25.2 Å². The number of hydrogen-bond donors (Lipinski definition) is 1. The molecule has 0 saturated heterocycles. The van der Waals surface area contributed by atoms with Crippen LogP contribution in [0.1, 0.15) is 32.6 Å². The molecule has 0 unspecified atom stereocenters. The number of esters is 1. The van der Waals surface area contributed by atoms with Crippen molar-refractivity contribution in [2.45, 2.75) is 38.6 Å². The minimum Gasteiger partial charge on any atom is -0.481 e. The van der Waals surface area contributed by atoms with Gasteiger partial charge < -0.3 is 14.8 Å². The van der Waals surface area contributed by atoms with Crippen LogP contribution in [0.2, 0.25) is 0 Å². The second-order valence-corrected chi connectivity index (χ2v) is 7.25. The van der Waals surface area contributed by atoms with Crippen LogP contribution < -0.4 is 10.1 Å². The lowest BCUT2D eigenvalue weighted by Crippen LogP contribution is -2.43. The highest BCUT2D eigenvalue weighted by atomic mass is 16.6. The fourth-order valence-corrected chi connectivity index (χ4v) is 3.55. The van der Waals surface area contributed by atoms with E-state index >= 15 is 0 Å². The van der Waals surface area contributed by atoms with Gasteiger partial charge in [0, 0.05) is 11.6 Å². The van der Waals surface area contributed by atoms with Gasteiger partial charge in [-0.15, -0.1) is 0 Å². The van der Waals surface area contributed by atoms with Crippen molar-refractivity contribution in [1.29, 1.82) is 0 Å². The van der Waals surface area contributed by atoms with Crippen molar-refractivity contribution in [3.05, 3.63) is 54.6 Å². The first-order valence-electron chi connectivity index (χ1n) is 9.85. The van der Waals surface area contributed by atoms with E-state index in [4.69, 9.17) is 9.47 Å². The summed E-state index contributed by atoms with van der Waals surface area (Å²) < 4.78 is 10.7. The van der Waals surface area contributed by atoms with Crippen LogP contribution in [0, 0.1) is 5.92 Å². The lowest BCUT2D eigenvalue weighted by molar-refractivity contribution is -0.150. The molecule has 0 bridgehead atoms. The fraction of sp³-hybridized carbons (Fsp3) is 0.391. The maximum Gasteiger partial charge on any atom is 0.344 e. The van der Waals surface area contributed by atoms with Crippen molar-refractivity contribution in [1.82, 2.24) is 5.32 Å². The van der Waals surface area contributed by atoms with Crippen molar-refractivity contribution < 1.29 is 19.1 Å². The van der Waals surface area contributed by atoms with E-state index in [0.717, 1.165) is 30.4 Å². The zero-order valence-electron chi connectivity index (χ0n) is 16.2. The highest BCUT2D eigenvalue weighted by Crippen LogP contribution is 2.29. The molecule has 148 valence electrons. The summed E-state index contributed by atoms with van der Waals surface area (Å²) in [5.74, 6) is 0.254. The average molecular weight is 381 g/mol. The Morgan fingerprint density at radius 2 is 1.68 bits per heavy atom. The first-order valence-corrected chi connectivity index (χ1v) is 9.85. The Balaban J connectivity index is 1.47. The Labute approximate surface area is 166 Å². The van der Waals surface area contributed by atoms with Crippen molar-refractivity contribution in [2.75, 3.05) is 13.2 Å². The van der Waals surface area contributed by atoms with Crippen LogP contribution in [0.4, 0.5) is 0 Å². The Hall–Kier alpha value is -2.82. The molecule has 0 heterocycles. The molecule has 5 heteroatoms. The molecule has 0 radical (unpaired) electrons. The SMILES string of the molecule is C[C@@H]1CCCC[C@@H]1NC(=O)COC(=O)COc1ccccc1-c1ccccc1. The average Bonchev–Trinajstić information content (AvgIpc) is 2.73. The predicted octanol–water partition coefficient (Wildman–Crippen LogP) is 3.97. The van der Waals surface area contributed by atoms with Gasteiger partial charge in [0.2, 0.25) is 0 Å². The lowest BCUT2D eigenvalue weighted by atomic mass is 9.86. The summed E-state index contributed by atoms with van der Waals surface area (Å²) in [4.78, 5) is 24.0. The molecule has 2 atom stereocenters. The molecule has 5 nitrogen and oxygen atoms in total. The van der Waals surface area contributed by atoms with Gasteiger partial charge in [-0.25, -0.2) is 4.79 Å². The molecule has 1 aliphatic rings. The van der Waals surface area contributed by atoms with E-state index in [9.17, 15) is 9.59 Å². The topological polar surface area (TPSA) is 64.6 Å². The summed E-state index contributed by atoms with van der Waals surface area (Å²) in [5, 5.41) is 2.97. The van der Waals surface area contributed by atoms with Crippen LogP contribution in [0.25, 0.3) is 11.1 Å². The first kappa shape index (κ1) is 19.9. The van der Waals surface area contributed by atoms with Gasteiger partial charge in [0.15, 0.2) is 13.2 Å². The second kappa shape index (κ2) is 9.93. The van der Waals surface area contributed by atoms with E-state index in [2.05, 4.69) is 12.2 Å². The fourth-order valence-electron chi connectivity index (χ4n) is 3.55. The third-order valence-corrected chi connectivity index (χ3v) is 5.14. The maximum atomic E-state index is 12.0. The van der Waals surface area contributed by atoms with Gasteiger partial charge in [-0.2, -0.15) is 0 Å². The largest absolute Gasteiger partial charge is 0.481 e. The molecule has 0 aliphatic heterocycles. The van der Waals surface area contributed by atoms with E-state index in [1.807, 2.05) is 54.6 Å². The van der Waals surface area contributed by atoms with Crippen LogP contribution in [-0.2, 0) is 14.3 Å². The van der Waals surface area contributed by atoms with Gasteiger partial charge in [0.05, 0.1) is 0 Å². The van der Waals surface area contributed by atoms with Crippen LogP contribution in [0.3, 0.4) is 0 Å². The number of carbonyl (C=O) groups is 2. The number of rotatable bonds is 7. The second-order valence-electron chi connectivity index (χ2n) is 7.25. The standard InChI is InChI=1S/C23H27NO4/c1-17-9-5-7-13-20(17)24-22(25)15-28-23(26)16-27-21-14-8-6-12-19(21)18-10-3-2-4-11-18/h2-4,6,8,10-12,14,17,20H,5,7,9,13,15-16H2,1H3,(H,24,25)/t17-,20+/m1/s1. The third kappa shape index (κ3) is 5.59.